The lowest BCUT2D eigenvalue weighted by molar-refractivity contribution is -0.390. The molecule has 24 heavy (non-hydrogen) atoms. The van der Waals surface area contributed by atoms with E-state index in [9.17, 15) is 19.3 Å². The molecule has 1 atom stereocenters. The first kappa shape index (κ1) is 17.6. The second kappa shape index (κ2) is 7.22. The van der Waals surface area contributed by atoms with Gasteiger partial charge in [-0.3, -0.25) is 4.79 Å². The summed E-state index contributed by atoms with van der Waals surface area (Å²) in [5.74, 6) is -1.78. The van der Waals surface area contributed by atoms with Crippen molar-refractivity contribution in [2.24, 2.45) is 0 Å². The maximum Gasteiger partial charge on any atom is 0.406 e. The molecule has 7 nitrogen and oxygen atoms in total. The standard InChI is InChI=1S/C15H13ClFN3O4/c1-8-3-6-13(14(18-8)20(22)23)24-9(2)15(21)19-10-4-5-12(17)11(16)7-10/h3-7,9H,1-2H3,(H,19,21)/t9-/m0/s1. The number of nitrogens with one attached hydrogen (secondary N) is 1. The zero-order valence-electron chi connectivity index (χ0n) is 12.7. The van der Waals surface area contributed by atoms with Crippen LogP contribution in [0.5, 0.6) is 5.75 Å². The van der Waals surface area contributed by atoms with Crippen LogP contribution in [-0.4, -0.2) is 21.9 Å². The molecule has 2 rings (SSSR count). The van der Waals surface area contributed by atoms with E-state index in [0.29, 0.717) is 5.69 Å². The summed E-state index contributed by atoms with van der Waals surface area (Å²) in [6.07, 6.45) is -1.04. The van der Waals surface area contributed by atoms with Crippen molar-refractivity contribution in [2.45, 2.75) is 20.0 Å². The van der Waals surface area contributed by atoms with E-state index in [1.54, 1.807) is 6.92 Å². The topological polar surface area (TPSA) is 94.4 Å². The van der Waals surface area contributed by atoms with Gasteiger partial charge in [0.1, 0.15) is 11.5 Å². The van der Waals surface area contributed by atoms with Crippen LogP contribution in [0.4, 0.5) is 15.9 Å². The van der Waals surface area contributed by atoms with Crippen LogP contribution in [0.15, 0.2) is 30.3 Å². The number of hydrogen-bond acceptors (Lipinski definition) is 5. The van der Waals surface area contributed by atoms with E-state index in [0.717, 1.165) is 6.07 Å². The lowest BCUT2D eigenvalue weighted by Crippen LogP contribution is -2.30. The van der Waals surface area contributed by atoms with Crippen LogP contribution in [0.3, 0.4) is 0 Å². The number of rotatable bonds is 5. The van der Waals surface area contributed by atoms with Crippen LogP contribution in [-0.2, 0) is 4.79 Å². The number of benzene rings is 1. The Kier molecular flexibility index (Phi) is 5.30. The van der Waals surface area contributed by atoms with Crippen molar-refractivity contribution in [1.82, 2.24) is 4.98 Å². The Balaban J connectivity index is 2.11. The third-order valence-corrected chi connectivity index (χ3v) is 3.30. The number of carbonyl (C=O) groups is 1. The molecular formula is C15H13ClFN3O4. The van der Waals surface area contributed by atoms with Gasteiger partial charge in [-0.1, -0.05) is 11.6 Å². The molecule has 126 valence electrons. The summed E-state index contributed by atoms with van der Waals surface area (Å²) in [6, 6.07) is 6.60. The molecule has 0 aliphatic heterocycles. The molecule has 1 amide bonds. The molecule has 0 bridgehead atoms. The molecule has 0 aliphatic rings. The lowest BCUT2D eigenvalue weighted by Gasteiger charge is -2.14. The van der Waals surface area contributed by atoms with E-state index < -0.39 is 28.6 Å². The van der Waals surface area contributed by atoms with Crippen LogP contribution in [0.25, 0.3) is 0 Å². The largest absolute Gasteiger partial charge is 0.473 e. The van der Waals surface area contributed by atoms with Gasteiger partial charge in [-0.15, -0.1) is 0 Å². The molecule has 0 saturated heterocycles. The maximum absolute atomic E-state index is 13.1. The van der Waals surface area contributed by atoms with Crippen LogP contribution in [0, 0.1) is 22.9 Å². The molecule has 9 heteroatoms. The second-order valence-electron chi connectivity index (χ2n) is 4.91. The third-order valence-electron chi connectivity index (χ3n) is 3.01. The number of ether oxygens (including phenoxy) is 1. The van der Waals surface area contributed by atoms with E-state index in [-0.39, 0.29) is 16.5 Å². The molecule has 1 heterocycles. The Morgan fingerprint density at radius 1 is 1.42 bits per heavy atom. The zero-order chi connectivity index (χ0) is 17.9. The van der Waals surface area contributed by atoms with Crippen molar-refractivity contribution in [3.63, 3.8) is 0 Å². The van der Waals surface area contributed by atoms with Crippen LogP contribution in [0.2, 0.25) is 5.02 Å². The highest BCUT2D eigenvalue weighted by Gasteiger charge is 2.23. The van der Waals surface area contributed by atoms with E-state index in [1.807, 2.05) is 0 Å². The SMILES string of the molecule is Cc1ccc(O[C@@H](C)C(=O)Nc2ccc(F)c(Cl)c2)c([N+](=O)[O-])n1. The summed E-state index contributed by atoms with van der Waals surface area (Å²) in [7, 11) is 0. The van der Waals surface area contributed by atoms with Gasteiger partial charge in [0, 0.05) is 12.6 Å². The van der Waals surface area contributed by atoms with E-state index in [2.05, 4.69) is 10.3 Å². The average molecular weight is 354 g/mol. The Hall–Kier alpha value is -2.74. The summed E-state index contributed by atoms with van der Waals surface area (Å²) >= 11 is 5.64. The van der Waals surface area contributed by atoms with Crippen LogP contribution >= 0.6 is 11.6 Å². The van der Waals surface area contributed by atoms with Crippen molar-refractivity contribution in [2.75, 3.05) is 5.32 Å². The molecule has 0 saturated carbocycles. The molecule has 1 aromatic heterocycles. The van der Waals surface area contributed by atoms with Gasteiger partial charge in [-0.2, -0.15) is 0 Å². The number of pyridine rings is 1. The minimum atomic E-state index is -1.04. The first-order chi connectivity index (χ1) is 11.3. The van der Waals surface area contributed by atoms with Gasteiger partial charge in [-0.25, -0.2) is 4.39 Å². The summed E-state index contributed by atoms with van der Waals surface area (Å²) in [6.45, 7) is 3.02. The Morgan fingerprint density at radius 2 is 2.12 bits per heavy atom. The fourth-order valence-electron chi connectivity index (χ4n) is 1.81. The van der Waals surface area contributed by atoms with Gasteiger partial charge >= 0.3 is 5.82 Å². The number of hydrogen-bond donors (Lipinski definition) is 1. The van der Waals surface area contributed by atoms with Gasteiger partial charge < -0.3 is 20.2 Å². The minimum Gasteiger partial charge on any atom is -0.473 e. The normalized spacial score (nSPS) is 11.7. The third kappa shape index (κ3) is 4.17. The zero-order valence-corrected chi connectivity index (χ0v) is 13.5. The molecule has 0 spiro atoms. The van der Waals surface area contributed by atoms with Crippen molar-refractivity contribution >= 4 is 29.0 Å². The highest BCUT2D eigenvalue weighted by molar-refractivity contribution is 6.31. The van der Waals surface area contributed by atoms with Gasteiger partial charge in [-0.05, 0) is 47.2 Å². The monoisotopic (exact) mass is 353 g/mol. The van der Waals surface area contributed by atoms with E-state index in [4.69, 9.17) is 16.3 Å². The predicted octanol–water partition coefficient (Wildman–Crippen LogP) is 3.50. The number of halogens is 2. The molecule has 0 fully saturated rings. The fraction of sp³-hybridized carbons (Fsp3) is 0.200. The number of amides is 1. The second-order valence-corrected chi connectivity index (χ2v) is 5.32. The Bertz CT molecular complexity index is 800. The van der Waals surface area contributed by atoms with Gasteiger partial charge in [0.05, 0.1) is 5.02 Å². The number of nitro groups is 1. The minimum absolute atomic E-state index is 0.120. The molecular weight excluding hydrogens is 341 g/mol. The van der Waals surface area contributed by atoms with E-state index in [1.165, 1.54) is 31.2 Å². The van der Waals surface area contributed by atoms with Crippen molar-refractivity contribution in [3.05, 3.63) is 57.0 Å². The average Bonchev–Trinajstić information content (AvgIpc) is 2.52. The van der Waals surface area contributed by atoms with E-state index >= 15 is 0 Å². The first-order valence-corrected chi connectivity index (χ1v) is 7.20. The summed E-state index contributed by atoms with van der Waals surface area (Å²) in [5, 5.41) is 13.3. The first-order valence-electron chi connectivity index (χ1n) is 6.82. The quantitative estimate of drug-likeness (QED) is 0.655. The molecule has 0 radical (unpaired) electrons. The Labute approximate surface area is 141 Å². The molecule has 1 N–H and O–H groups in total. The van der Waals surface area contributed by atoms with Crippen molar-refractivity contribution in [3.8, 4) is 5.75 Å². The number of aryl methyl sites for hydroxylation is 1. The molecule has 0 unspecified atom stereocenters. The van der Waals surface area contributed by atoms with Gasteiger partial charge in [0.15, 0.2) is 6.10 Å². The predicted molar refractivity (Wildman–Crippen MR) is 85.8 cm³/mol. The molecule has 1 aromatic carbocycles. The number of aromatic nitrogens is 1. The van der Waals surface area contributed by atoms with Crippen LogP contribution < -0.4 is 10.1 Å². The lowest BCUT2D eigenvalue weighted by atomic mass is 10.3. The fourth-order valence-corrected chi connectivity index (χ4v) is 2.00. The Morgan fingerprint density at radius 3 is 2.75 bits per heavy atom. The van der Waals surface area contributed by atoms with Crippen LogP contribution in [0.1, 0.15) is 12.6 Å². The number of nitrogens with zero attached hydrogens (tertiary/aromatic N) is 2. The summed E-state index contributed by atoms with van der Waals surface area (Å²) in [4.78, 5) is 26.2. The summed E-state index contributed by atoms with van der Waals surface area (Å²) < 4.78 is 18.4. The number of carbonyl (C=O) groups excluding carboxylic acids is 1. The summed E-state index contributed by atoms with van der Waals surface area (Å²) in [5.41, 5.74) is 0.727. The molecule has 2 aromatic rings. The van der Waals surface area contributed by atoms with Crippen molar-refractivity contribution < 1.29 is 18.8 Å². The van der Waals surface area contributed by atoms with Gasteiger partial charge in [0.2, 0.25) is 5.75 Å². The van der Waals surface area contributed by atoms with Gasteiger partial charge in [0.25, 0.3) is 5.91 Å². The molecule has 0 aliphatic carbocycles. The number of anilines is 1. The van der Waals surface area contributed by atoms with Crippen molar-refractivity contribution in [1.29, 1.82) is 0 Å². The highest BCUT2D eigenvalue weighted by Crippen LogP contribution is 2.26. The smallest absolute Gasteiger partial charge is 0.406 e. The highest BCUT2D eigenvalue weighted by atomic mass is 35.5. The maximum atomic E-state index is 13.1.